The molecule has 1 atom stereocenters. The number of hydrogen-bond acceptors (Lipinski definition) is 1. The highest BCUT2D eigenvalue weighted by molar-refractivity contribution is 6.30. The minimum Gasteiger partial charge on any atom is -0.395 e. The fourth-order valence-corrected chi connectivity index (χ4v) is 2.80. The summed E-state index contributed by atoms with van der Waals surface area (Å²) in [6.45, 7) is 4.29. The van der Waals surface area contributed by atoms with Crippen LogP contribution in [0.2, 0.25) is 5.02 Å². The minimum absolute atomic E-state index is 0.115. The molecule has 0 bridgehead atoms. The molecule has 0 heterocycles. The average Bonchev–Trinajstić information content (AvgIpc) is 2.39. The fourth-order valence-electron chi connectivity index (χ4n) is 2.58. The summed E-state index contributed by atoms with van der Waals surface area (Å²) in [6.07, 6.45) is 0.773. The smallest absolute Gasteiger partial charge is 0.0528 e. The number of aliphatic hydroxyl groups is 1. The second-order valence-corrected chi connectivity index (χ2v) is 5.78. The van der Waals surface area contributed by atoms with Crippen molar-refractivity contribution in [3.63, 3.8) is 0 Å². The molecular weight excluding hydrogens is 256 g/mol. The lowest BCUT2D eigenvalue weighted by Gasteiger charge is -2.30. The van der Waals surface area contributed by atoms with Crippen molar-refractivity contribution in [3.05, 3.63) is 70.2 Å². The summed E-state index contributed by atoms with van der Waals surface area (Å²) in [5, 5.41) is 10.6. The highest BCUT2D eigenvalue weighted by atomic mass is 35.5. The van der Waals surface area contributed by atoms with Crippen molar-refractivity contribution < 1.29 is 5.11 Å². The van der Waals surface area contributed by atoms with Gasteiger partial charge in [-0.3, -0.25) is 0 Å². The van der Waals surface area contributed by atoms with E-state index in [-0.39, 0.29) is 12.0 Å². The first-order valence-corrected chi connectivity index (χ1v) is 6.84. The molecule has 0 fully saturated rings. The van der Waals surface area contributed by atoms with Crippen LogP contribution in [0.15, 0.2) is 48.5 Å². The molecule has 1 unspecified atom stereocenters. The maximum absolute atomic E-state index is 9.86. The third-order valence-electron chi connectivity index (χ3n) is 3.63. The molecule has 100 valence electrons. The fraction of sp³-hybridized carbons (Fsp3) is 0.294. The SMILES string of the molecule is Cc1ccccc1C(C)(CO)Cc1cccc(Cl)c1. The number of benzene rings is 2. The maximum Gasteiger partial charge on any atom is 0.0528 e. The Morgan fingerprint density at radius 2 is 1.84 bits per heavy atom. The van der Waals surface area contributed by atoms with Crippen LogP contribution in [0.4, 0.5) is 0 Å². The van der Waals surface area contributed by atoms with Gasteiger partial charge in [0.2, 0.25) is 0 Å². The molecule has 0 aromatic heterocycles. The number of rotatable bonds is 4. The van der Waals surface area contributed by atoms with Crippen molar-refractivity contribution in [1.29, 1.82) is 0 Å². The normalized spacial score (nSPS) is 14.1. The summed E-state index contributed by atoms with van der Waals surface area (Å²) < 4.78 is 0. The van der Waals surface area contributed by atoms with Gasteiger partial charge in [-0.25, -0.2) is 0 Å². The predicted octanol–water partition coefficient (Wildman–Crippen LogP) is 4.14. The van der Waals surface area contributed by atoms with Gasteiger partial charge in [-0.1, -0.05) is 54.9 Å². The van der Waals surface area contributed by atoms with Gasteiger partial charge in [0.05, 0.1) is 6.61 Å². The molecule has 0 saturated heterocycles. The van der Waals surface area contributed by atoms with E-state index in [1.165, 1.54) is 11.1 Å². The lowest BCUT2D eigenvalue weighted by molar-refractivity contribution is 0.204. The summed E-state index contributed by atoms with van der Waals surface area (Å²) in [4.78, 5) is 0. The molecule has 0 aliphatic rings. The zero-order valence-electron chi connectivity index (χ0n) is 11.4. The molecule has 1 N–H and O–H groups in total. The number of halogens is 1. The topological polar surface area (TPSA) is 20.2 Å². The average molecular weight is 275 g/mol. The maximum atomic E-state index is 9.86. The number of aliphatic hydroxyl groups excluding tert-OH is 1. The van der Waals surface area contributed by atoms with E-state index in [4.69, 9.17) is 11.6 Å². The second kappa shape index (κ2) is 5.77. The van der Waals surface area contributed by atoms with Gasteiger partial charge in [0.25, 0.3) is 0 Å². The Balaban J connectivity index is 2.36. The van der Waals surface area contributed by atoms with Crippen LogP contribution >= 0.6 is 11.6 Å². The van der Waals surface area contributed by atoms with Crippen molar-refractivity contribution >= 4 is 11.6 Å². The summed E-state index contributed by atoms with van der Waals surface area (Å²) >= 11 is 6.03. The van der Waals surface area contributed by atoms with Crippen LogP contribution in [0.5, 0.6) is 0 Å². The van der Waals surface area contributed by atoms with E-state index in [1.54, 1.807) is 0 Å². The minimum atomic E-state index is -0.282. The van der Waals surface area contributed by atoms with Crippen LogP contribution in [0.25, 0.3) is 0 Å². The molecule has 0 aliphatic heterocycles. The van der Waals surface area contributed by atoms with Gasteiger partial charge in [0.1, 0.15) is 0 Å². The summed E-state index contributed by atoms with van der Waals surface area (Å²) in [5.74, 6) is 0. The monoisotopic (exact) mass is 274 g/mol. The first kappa shape index (κ1) is 14.1. The standard InChI is InChI=1S/C17H19ClO/c1-13-6-3-4-9-16(13)17(2,12-19)11-14-7-5-8-15(18)10-14/h3-10,19H,11-12H2,1-2H3. The molecular formula is C17H19ClO. The molecule has 2 rings (SSSR count). The summed E-state index contributed by atoms with van der Waals surface area (Å²) in [5.41, 5.74) is 3.27. The number of hydrogen-bond donors (Lipinski definition) is 1. The van der Waals surface area contributed by atoms with Crippen LogP contribution in [-0.2, 0) is 11.8 Å². The Morgan fingerprint density at radius 1 is 1.11 bits per heavy atom. The van der Waals surface area contributed by atoms with Crippen LogP contribution in [0.1, 0.15) is 23.6 Å². The van der Waals surface area contributed by atoms with Crippen LogP contribution in [-0.4, -0.2) is 11.7 Å². The van der Waals surface area contributed by atoms with Crippen molar-refractivity contribution in [2.75, 3.05) is 6.61 Å². The molecule has 2 aromatic carbocycles. The highest BCUT2D eigenvalue weighted by Crippen LogP contribution is 2.30. The Labute approximate surface area is 119 Å². The Kier molecular flexibility index (Phi) is 4.28. The number of aryl methyl sites for hydroxylation is 1. The van der Waals surface area contributed by atoms with Gasteiger partial charge >= 0.3 is 0 Å². The lowest BCUT2D eigenvalue weighted by atomic mass is 9.76. The first-order valence-electron chi connectivity index (χ1n) is 6.46. The molecule has 19 heavy (non-hydrogen) atoms. The van der Waals surface area contributed by atoms with Gasteiger partial charge in [-0.2, -0.15) is 0 Å². The van der Waals surface area contributed by atoms with Crippen molar-refractivity contribution in [3.8, 4) is 0 Å². The molecule has 0 spiro atoms. The van der Waals surface area contributed by atoms with E-state index < -0.39 is 0 Å². The van der Waals surface area contributed by atoms with Crippen molar-refractivity contribution in [2.45, 2.75) is 25.7 Å². The van der Waals surface area contributed by atoms with E-state index in [1.807, 2.05) is 30.3 Å². The van der Waals surface area contributed by atoms with Gasteiger partial charge in [-0.15, -0.1) is 0 Å². The van der Waals surface area contributed by atoms with E-state index in [0.29, 0.717) is 0 Å². The van der Waals surface area contributed by atoms with Gasteiger partial charge in [0.15, 0.2) is 0 Å². The zero-order chi connectivity index (χ0) is 13.9. The molecule has 0 radical (unpaired) electrons. The van der Waals surface area contributed by atoms with Crippen molar-refractivity contribution in [2.24, 2.45) is 0 Å². The first-order chi connectivity index (χ1) is 9.05. The van der Waals surface area contributed by atoms with E-state index >= 15 is 0 Å². The van der Waals surface area contributed by atoms with E-state index in [2.05, 4.69) is 32.0 Å². The molecule has 0 amide bonds. The molecule has 0 aliphatic carbocycles. The Bertz CT molecular complexity index is 565. The summed E-state index contributed by atoms with van der Waals surface area (Å²) in [6, 6.07) is 16.1. The predicted molar refractivity (Wildman–Crippen MR) is 80.8 cm³/mol. The van der Waals surface area contributed by atoms with E-state index in [0.717, 1.165) is 17.0 Å². The van der Waals surface area contributed by atoms with Gasteiger partial charge in [-0.05, 0) is 42.2 Å². The van der Waals surface area contributed by atoms with Crippen LogP contribution in [0.3, 0.4) is 0 Å². The van der Waals surface area contributed by atoms with Gasteiger partial charge < -0.3 is 5.11 Å². The molecule has 1 nitrogen and oxygen atoms in total. The largest absolute Gasteiger partial charge is 0.395 e. The van der Waals surface area contributed by atoms with Gasteiger partial charge in [0, 0.05) is 10.4 Å². The Morgan fingerprint density at radius 3 is 2.47 bits per heavy atom. The summed E-state index contributed by atoms with van der Waals surface area (Å²) in [7, 11) is 0. The molecule has 0 saturated carbocycles. The lowest BCUT2D eigenvalue weighted by Crippen LogP contribution is -2.30. The third-order valence-corrected chi connectivity index (χ3v) is 3.86. The van der Waals surface area contributed by atoms with E-state index in [9.17, 15) is 5.11 Å². The highest BCUT2D eigenvalue weighted by Gasteiger charge is 2.27. The quantitative estimate of drug-likeness (QED) is 0.888. The van der Waals surface area contributed by atoms with Crippen molar-refractivity contribution in [1.82, 2.24) is 0 Å². The second-order valence-electron chi connectivity index (χ2n) is 5.34. The molecule has 2 heteroatoms. The third kappa shape index (κ3) is 3.17. The Hall–Kier alpha value is -1.31. The van der Waals surface area contributed by atoms with Crippen LogP contribution in [0, 0.1) is 6.92 Å². The zero-order valence-corrected chi connectivity index (χ0v) is 12.1. The molecule has 2 aromatic rings. The van der Waals surface area contributed by atoms with Crippen LogP contribution < -0.4 is 0 Å².